The van der Waals surface area contributed by atoms with Crippen LogP contribution in [-0.2, 0) is 0 Å². The number of nitrogens with zero attached hydrogens (tertiary/aromatic N) is 2. The molecule has 0 aromatic heterocycles. The summed E-state index contributed by atoms with van der Waals surface area (Å²) in [6.45, 7) is 2.28. The zero-order valence-corrected chi connectivity index (χ0v) is 7.45. The molecule has 0 atom stereocenters. The lowest BCUT2D eigenvalue weighted by Gasteiger charge is -1.97. The largest absolute Gasteiger partial charge is 0.594 e. The maximum Gasteiger partial charge on any atom is 0.244 e. The van der Waals surface area contributed by atoms with Crippen molar-refractivity contribution < 1.29 is 4.86 Å². The second-order valence-corrected chi connectivity index (χ2v) is 2.64. The zero-order chi connectivity index (χ0) is 8.97. The topological polar surface area (TPSA) is 38.4 Å². The lowest BCUT2D eigenvalue weighted by molar-refractivity contribution is -0.442. The van der Waals surface area contributed by atoms with Crippen LogP contribution in [0, 0.1) is 5.21 Å². The summed E-state index contributed by atoms with van der Waals surface area (Å²) in [5.74, 6) is 0. The minimum Gasteiger partial charge on any atom is -0.594 e. The Balaban J connectivity index is 2.89. The molecule has 1 aromatic carbocycles. The molecule has 4 heteroatoms. The number of hydrogen-bond acceptors (Lipinski definition) is 2. The first-order valence-corrected chi connectivity index (χ1v) is 4.02. The second-order valence-electron chi connectivity index (χ2n) is 2.21. The number of rotatable bonds is 2. The molecule has 0 fully saturated rings. The average Bonchev–Trinajstić information content (AvgIpc) is 2.06. The molecule has 0 aliphatic carbocycles. The van der Waals surface area contributed by atoms with Crippen molar-refractivity contribution in [1.82, 2.24) is 0 Å². The van der Waals surface area contributed by atoms with E-state index < -0.39 is 0 Å². The van der Waals surface area contributed by atoms with Crippen molar-refractivity contribution in [3.8, 4) is 0 Å². The van der Waals surface area contributed by atoms with Gasteiger partial charge in [-0.1, -0.05) is 16.5 Å². The van der Waals surface area contributed by atoms with Crippen molar-refractivity contribution in [3.05, 3.63) is 34.5 Å². The molecule has 0 saturated carbocycles. The van der Waals surface area contributed by atoms with Gasteiger partial charge in [-0.3, -0.25) is 0 Å². The summed E-state index contributed by atoms with van der Waals surface area (Å²) in [5, 5.41) is 15.3. The third-order valence-corrected chi connectivity index (χ3v) is 1.57. The van der Waals surface area contributed by atoms with Crippen LogP contribution < -0.4 is 0 Å². The molecule has 3 nitrogen and oxygen atoms in total. The molecule has 0 N–H and O–H groups in total. The Bertz CT molecular complexity index is 282. The molecule has 0 saturated heterocycles. The molecular weight excluding hydrogens is 176 g/mol. The molecule has 0 radical (unpaired) electrons. The standard InChI is InChI=1S/C8H9ClN2O/c1-2-10-11(12)8-5-3-7(9)4-6-8/h3-6H,2H2,1H3. The molecule has 0 aliphatic rings. The van der Waals surface area contributed by atoms with E-state index in [9.17, 15) is 5.21 Å². The highest BCUT2D eigenvalue weighted by Gasteiger charge is 2.00. The van der Waals surface area contributed by atoms with Crippen LogP contribution in [0.1, 0.15) is 6.92 Å². The van der Waals surface area contributed by atoms with Crippen LogP contribution in [0.3, 0.4) is 0 Å². The van der Waals surface area contributed by atoms with E-state index in [1.54, 1.807) is 31.2 Å². The van der Waals surface area contributed by atoms with E-state index in [2.05, 4.69) is 5.11 Å². The van der Waals surface area contributed by atoms with E-state index in [1.165, 1.54) is 0 Å². The highest BCUT2D eigenvalue weighted by Crippen LogP contribution is 2.15. The van der Waals surface area contributed by atoms with Crippen LogP contribution in [0.15, 0.2) is 29.4 Å². The Morgan fingerprint density at radius 2 is 2.00 bits per heavy atom. The summed E-state index contributed by atoms with van der Waals surface area (Å²) in [7, 11) is 0. The van der Waals surface area contributed by atoms with Crippen molar-refractivity contribution >= 4 is 17.3 Å². The van der Waals surface area contributed by atoms with E-state index >= 15 is 0 Å². The number of hydrogen-bond donors (Lipinski definition) is 0. The predicted molar refractivity (Wildman–Crippen MR) is 47.7 cm³/mol. The maximum absolute atomic E-state index is 11.1. The fourth-order valence-electron chi connectivity index (χ4n) is 0.779. The average molecular weight is 185 g/mol. The fraction of sp³-hybridized carbons (Fsp3) is 0.250. The molecule has 0 heterocycles. The third-order valence-electron chi connectivity index (χ3n) is 1.32. The summed E-state index contributed by atoms with van der Waals surface area (Å²) >= 11 is 5.64. The van der Waals surface area contributed by atoms with Gasteiger partial charge in [-0.2, -0.15) is 0 Å². The summed E-state index contributed by atoms with van der Waals surface area (Å²) in [5.41, 5.74) is 0.501. The van der Waals surface area contributed by atoms with Crippen molar-refractivity contribution in [2.24, 2.45) is 5.11 Å². The highest BCUT2D eigenvalue weighted by atomic mass is 35.5. The quantitative estimate of drug-likeness (QED) is 0.396. The molecule has 0 bridgehead atoms. The monoisotopic (exact) mass is 184 g/mol. The van der Waals surface area contributed by atoms with Gasteiger partial charge in [0, 0.05) is 17.2 Å². The van der Waals surface area contributed by atoms with E-state index in [0.29, 0.717) is 22.1 Å². The molecule has 1 aromatic rings. The minimum absolute atomic E-state index is 0.478. The lowest BCUT2D eigenvalue weighted by atomic mass is 10.3. The number of benzene rings is 1. The minimum atomic E-state index is 0.478. The molecule has 64 valence electrons. The summed E-state index contributed by atoms with van der Waals surface area (Å²) in [6, 6.07) is 6.59. The summed E-state index contributed by atoms with van der Waals surface area (Å²) in [6.07, 6.45) is 0. The SMILES string of the molecule is CCN=[N+]([O-])c1ccc(Cl)cc1. The fourth-order valence-corrected chi connectivity index (χ4v) is 0.905. The molecule has 0 unspecified atom stereocenters. The van der Waals surface area contributed by atoms with Crippen molar-refractivity contribution in [2.75, 3.05) is 6.54 Å². The second kappa shape index (κ2) is 4.07. The van der Waals surface area contributed by atoms with Gasteiger partial charge in [-0.15, -0.1) is 0 Å². The molecule has 0 spiro atoms. The molecule has 0 amide bonds. The maximum atomic E-state index is 11.1. The molecular formula is C8H9ClN2O. The first kappa shape index (κ1) is 9.00. The smallest absolute Gasteiger partial charge is 0.244 e. The zero-order valence-electron chi connectivity index (χ0n) is 6.70. The normalized spacial score (nSPS) is 11.7. The summed E-state index contributed by atoms with van der Waals surface area (Å²) < 4.78 is 0. The van der Waals surface area contributed by atoms with Gasteiger partial charge in [0.1, 0.15) is 6.54 Å². The van der Waals surface area contributed by atoms with E-state index in [1.807, 2.05) is 0 Å². The first-order valence-electron chi connectivity index (χ1n) is 3.64. The van der Waals surface area contributed by atoms with Gasteiger partial charge < -0.3 is 5.21 Å². The van der Waals surface area contributed by atoms with Gasteiger partial charge >= 0.3 is 0 Å². The van der Waals surface area contributed by atoms with E-state index in [4.69, 9.17) is 11.6 Å². The Kier molecular flexibility index (Phi) is 3.05. The van der Waals surface area contributed by atoms with Gasteiger partial charge in [0.05, 0.1) is 0 Å². The molecule has 12 heavy (non-hydrogen) atoms. The highest BCUT2D eigenvalue weighted by molar-refractivity contribution is 6.30. The van der Waals surface area contributed by atoms with Gasteiger partial charge in [0.2, 0.25) is 5.69 Å². The first-order chi connectivity index (χ1) is 5.74. The van der Waals surface area contributed by atoms with Gasteiger partial charge in [0.15, 0.2) is 0 Å². The van der Waals surface area contributed by atoms with Crippen LogP contribution in [0.4, 0.5) is 5.69 Å². The van der Waals surface area contributed by atoms with Crippen LogP contribution in [0.5, 0.6) is 0 Å². The lowest BCUT2D eigenvalue weighted by Crippen LogP contribution is -1.91. The van der Waals surface area contributed by atoms with Gasteiger partial charge in [-0.05, 0) is 24.2 Å². The Morgan fingerprint density at radius 3 is 2.50 bits per heavy atom. The molecule has 1 rings (SSSR count). The van der Waals surface area contributed by atoms with Gasteiger partial charge in [0.25, 0.3) is 0 Å². The molecule has 0 aliphatic heterocycles. The number of halogens is 1. The Morgan fingerprint density at radius 1 is 1.42 bits per heavy atom. The van der Waals surface area contributed by atoms with Crippen molar-refractivity contribution in [2.45, 2.75) is 6.92 Å². The predicted octanol–water partition coefficient (Wildman–Crippen LogP) is 2.95. The summed E-state index contributed by atoms with van der Waals surface area (Å²) in [4.78, 5) is 0.594. The van der Waals surface area contributed by atoms with Crippen molar-refractivity contribution in [3.63, 3.8) is 0 Å². The third kappa shape index (κ3) is 2.20. The van der Waals surface area contributed by atoms with Crippen LogP contribution in [0.2, 0.25) is 5.02 Å². The van der Waals surface area contributed by atoms with E-state index in [-0.39, 0.29) is 0 Å². The Hall–Kier alpha value is -1.09. The van der Waals surface area contributed by atoms with Crippen LogP contribution >= 0.6 is 11.6 Å². The van der Waals surface area contributed by atoms with E-state index in [0.717, 1.165) is 0 Å². The van der Waals surface area contributed by atoms with Crippen LogP contribution in [-0.4, -0.2) is 11.4 Å². The van der Waals surface area contributed by atoms with Gasteiger partial charge in [-0.25, -0.2) is 0 Å². The Labute approximate surface area is 75.9 Å². The van der Waals surface area contributed by atoms with Crippen molar-refractivity contribution in [1.29, 1.82) is 0 Å². The number of azo groups is 1. The van der Waals surface area contributed by atoms with Crippen LogP contribution in [0.25, 0.3) is 0 Å².